The molecule has 1 aliphatic heterocycles. The number of nitrogens with one attached hydrogen (secondary N) is 1. The minimum atomic E-state index is -4.49. The van der Waals surface area contributed by atoms with Crippen LogP contribution < -0.4 is 11.5 Å². The summed E-state index contributed by atoms with van der Waals surface area (Å²) >= 11 is 0. The van der Waals surface area contributed by atoms with E-state index < -0.39 is 11.9 Å². The van der Waals surface area contributed by atoms with Crippen LogP contribution >= 0.6 is 0 Å². The Bertz CT molecular complexity index is 1540. The molecule has 2 heterocycles. The number of amides is 1. The Morgan fingerprint density at radius 1 is 1.27 bits per heavy atom. The molecule has 0 radical (unpaired) electrons. The second-order valence-corrected chi connectivity index (χ2v) is 12.6. The first-order chi connectivity index (χ1) is 24.8. The molecule has 288 valence electrons. The minimum absolute atomic E-state index is 0.117. The highest BCUT2D eigenvalue weighted by Gasteiger charge is 2.33. The molecule has 1 amide bonds. The molecule has 1 saturated carbocycles. The summed E-state index contributed by atoms with van der Waals surface area (Å²) in [6, 6.07) is 0. The number of carbonyl (C=O) groups excluding carboxylic acids is 1. The number of rotatable bonds is 13. The van der Waals surface area contributed by atoms with Crippen molar-refractivity contribution in [2.45, 2.75) is 66.5 Å². The van der Waals surface area contributed by atoms with E-state index in [1.54, 1.807) is 31.7 Å². The summed E-state index contributed by atoms with van der Waals surface area (Å²) in [5, 5.41) is 0. The van der Waals surface area contributed by atoms with Crippen molar-refractivity contribution in [3.05, 3.63) is 77.0 Å². The van der Waals surface area contributed by atoms with Gasteiger partial charge in [0.25, 0.3) is 5.91 Å². The van der Waals surface area contributed by atoms with Crippen LogP contribution in [0.5, 0.6) is 0 Å². The van der Waals surface area contributed by atoms with Crippen molar-refractivity contribution in [3.63, 3.8) is 0 Å². The molecule has 1 unspecified atom stereocenters. The number of H-pyrrole nitrogens is 1. The Labute approximate surface area is 307 Å². The van der Waals surface area contributed by atoms with Crippen LogP contribution in [0.3, 0.4) is 0 Å². The van der Waals surface area contributed by atoms with Crippen LogP contribution in [-0.2, 0) is 15.7 Å². The van der Waals surface area contributed by atoms with E-state index in [1.807, 2.05) is 45.7 Å². The van der Waals surface area contributed by atoms with Gasteiger partial charge in [0.15, 0.2) is 0 Å². The van der Waals surface area contributed by atoms with Gasteiger partial charge in [-0.2, -0.15) is 13.2 Å². The Kier molecular flexibility index (Phi) is 18.6. The fourth-order valence-corrected chi connectivity index (χ4v) is 5.16. The first kappa shape index (κ1) is 43.9. The van der Waals surface area contributed by atoms with E-state index in [0.717, 1.165) is 30.4 Å². The summed E-state index contributed by atoms with van der Waals surface area (Å²) in [5.74, 6) is 1.28. The van der Waals surface area contributed by atoms with Gasteiger partial charge in [0.1, 0.15) is 30.4 Å². The molecule has 1 saturated heterocycles. The number of hydrogen-bond donors (Lipinski definition) is 3. The SMILES string of the molecule is C=C(C(=O)N(CC1=C=C/C=C(c2ncc(C(F)(F)F)[nH]2)\C=C\C1)/C(N)=C(/C)CC)N1CCN(C)CC1.CC.COC/N=C\N=C(C(C)CN)C1CC1. The van der Waals surface area contributed by atoms with Gasteiger partial charge in [-0.05, 0) is 68.9 Å². The summed E-state index contributed by atoms with van der Waals surface area (Å²) in [5.41, 5.74) is 18.1. The van der Waals surface area contributed by atoms with E-state index >= 15 is 0 Å². The third-order valence-electron chi connectivity index (χ3n) is 8.70. The maximum atomic E-state index is 13.5. The smallest absolute Gasteiger partial charge is 0.385 e. The van der Waals surface area contributed by atoms with Crippen LogP contribution in [0.1, 0.15) is 71.8 Å². The van der Waals surface area contributed by atoms with Crippen LogP contribution in [0.25, 0.3) is 5.57 Å². The average Bonchev–Trinajstić information content (AvgIpc) is 3.84. The first-order valence-corrected chi connectivity index (χ1v) is 17.9. The number of halogens is 3. The molecule has 0 spiro atoms. The molecular weight excluding hydrogens is 671 g/mol. The molecule has 11 nitrogen and oxygen atoms in total. The zero-order valence-corrected chi connectivity index (χ0v) is 31.9. The lowest BCUT2D eigenvalue weighted by Gasteiger charge is -2.36. The third kappa shape index (κ3) is 13.7. The molecule has 14 heteroatoms. The van der Waals surface area contributed by atoms with Crippen molar-refractivity contribution in [2.75, 3.05) is 60.2 Å². The Balaban J connectivity index is 0.000000488. The number of aliphatic imine (C=N–C) groups is 2. The predicted octanol–water partition coefficient (Wildman–Crippen LogP) is 6.13. The Morgan fingerprint density at radius 3 is 2.50 bits per heavy atom. The van der Waals surface area contributed by atoms with Crippen LogP contribution in [0.4, 0.5) is 13.2 Å². The van der Waals surface area contributed by atoms with Gasteiger partial charge in [0.05, 0.1) is 18.4 Å². The van der Waals surface area contributed by atoms with E-state index in [9.17, 15) is 18.0 Å². The number of methoxy groups -OCH3 is 1. The van der Waals surface area contributed by atoms with E-state index in [2.05, 4.69) is 44.1 Å². The molecule has 0 bridgehead atoms. The van der Waals surface area contributed by atoms with Crippen LogP contribution in [0, 0.1) is 11.8 Å². The molecule has 3 aliphatic rings. The number of likely N-dealkylation sites (N-methyl/N-ethyl adjacent to an activating group) is 1. The normalized spacial score (nSPS) is 19.4. The summed E-state index contributed by atoms with van der Waals surface area (Å²) in [6.07, 6.45) is 8.25. The maximum Gasteiger partial charge on any atom is 0.432 e. The average molecular weight is 730 g/mol. The number of hydrogen-bond acceptors (Lipinski definition) is 8. The maximum absolute atomic E-state index is 13.5. The highest BCUT2D eigenvalue weighted by atomic mass is 19.4. The number of aromatic nitrogens is 2. The first-order valence-electron chi connectivity index (χ1n) is 17.9. The zero-order chi connectivity index (χ0) is 38.8. The molecule has 1 aromatic heterocycles. The number of ether oxygens (including phenoxy) is 1. The third-order valence-corrected chi connectivity index (χ3v) is 8.70. The summed E-state index contributed by atoms with van der Waals surface area (Å²) < 4.78 is 43.5. The van der Waals surface area contributed by atoms with Gasteiger partial charge in [-0.1, -0.05) is 46.4 Å². The highest BCUT2D eigenvalue weighted by Crippen LogP contribution is 2.33. The summed E-state index contributed by atoms with van der Waals surface area (Å²) in [7, 11) is 3.66. The Hall–Kier alpha value is -4.23. The predicted molar refractivity (Wildman–Crippen MR) is 204 cm³/mol. The van der Waals surface area contributed by atoms with Gasteiger partial charge in [-0.25, -0.2) is 15.0 Å². The number of piperazine rings is 1. The van der Waals surface area contributed by atoms with Gasteiger partial charge in [-0.3, -0.25) is 9.69 Å². The van der Waals surface area contributed by atoms with E-state index in [1.165, 1.54) is 23.5 Å². The lowest BCUT2D eigenvalue weighted by Crippen LogP contribution is -2.48. The number of nitrogens with two attached hydrogens (primary N) is 2. The van der Waals surface area contributed by atoms with E-state index in [4.69, 9.17) is 16.2 Å². The van der Waals surface area contributed by atoms with Crippen molar-refractivity contribution >= 4 is 23.5 Å². The highest BCUT2D eigenvalue weighted by molar-refractivity contribution is 5.95. The molecule has 5 N–H and O–H groups in total. The fraction of sp³-hybridized carbons (Fsp3) is 0.553. The van der Waals surface area contributed by atoms with Gasteiger partial charge in [0.2, 0.25) is 0 Å². The molecule has 52 heavy (non-hydrogen) atoms. The summed E-state index contributed by atoms with van der Waals surface area (Å²) in [4.78, 5) is 33.7. The van der Waals surface area contributed by atoms with Crippen molar-refractivity contribution in [1.82, 2.24) is 24.7 Å². The number of alkyl halides is 3. The Morgan fingerprint density at radius 2 is 1.94 bits per heavy atom. The van der Waals surface area contributed by atoms with Gasteiger partial charge in [-0.15, -0.1) is 5.73 Å². The molecular formula is C38H58F3N9O2. The standard InChI is InChI=1S/C26H33F3N6O.C10H19N3O.C2H6/c1-5-18(2)23(30)35(25(36)19(3)34-14-12-33(4)13-15-34)17-20-8-6-10-21(11-7-9-20)24-31-16-22(32-24)26(27,28)29;1-8(5-11)10(9-3-4-9)13-6-12-7-14-2;1-2/h6-7,10-11,16H,3,5,8,12-15,17,30H2,1-2,4H3,(H,31,32);6,8-9H,3-5,7,11H2,1-2H3;1-2H3/b10-6+,21-11+,23-18-;12-6-,13-10?;. The van der Waals surface area contributed by atoms with E-state index in [-0.39, 0.29) is 18.3 Å². The number of aromatic amines is 1. The van der Waals surface area contributed by atoms with Gasteiger partial charge in [0, 0.05) is 57.0 Å². The van der Waals surface area contributed by atoms with Crippen LogP contribution in [-0.4, -0.2) is 103 Å². The number of nitrogens with zero attached hydrogens (tertiary/aromatic N) is 6. The number of carbonyl (C=O) groups is 1. The molecule has 0 aromatic carbocycles. The second kappa shape index (κ2) is 22.0. The second-order valence-electron chi connectivity index (χ2n) is 12.6. The van der Waals surface area contributed by atoms with Gasteiger partial charge >= 0.3 is 6.18 Å². The van der Waals surface area contributed by atoms with Crippen LogP contribution in [0.15, 0.2) is 75.5 Å². The van der Waals surface area contributed by atoms with Crippen molar-refractivity contribution < 1.29 is 22.7 Å². The summed E-state index contributed by atoms with van der Waals surface area (Å²) in [6.45, 7) is 18.4. The van der Waals surface area contributed by atoms with E-state index in [0.29, 0.717) is 68.1 Å². The molecule has 1 atom stereocenters. The molecule has 4 rings (SSSR count). The minimum Gasteiger partial charge on any atom is -0.385 e. The van der Waals surface area contributed by atoms with Crippen molar-refractivity contribution in [2.24, 2.45) is 33.3 Å². The zero-order valence-electron chi connectivity index (χ0n) is 31.9. The van der Waals surface area contributed by atoms with Crippen molar-refractivity contribution in [3.8, 4) is 0 Å². The lowest BCUT2D eigenvalue weighted by molar-refractivity contribution is -0.140. The topological polar surface area (TPSA) is 141 Å². The number of allylic oxidation sites excluding steroid dienone is 5. The molecule has 1 aromatic rings. The monoisotopic (exact) mass is 729 g/mol. The lowest BCUT2D eigenvalue weighted by atomic mass is 10.0. The number of imidazole rings is 1. The quantitative estimate of drug-likeness (QED) is 0.0960. The van der Waals surface area contributed by atoms with Crippen LogP contribution in [0.2, 0.25) is 0 Å². The van der Waals surface area contributed by atoms with Gasteiger partial charge < -0.3 is 31.0 Å². The fourth-order valence-electron chi connectivity index (χ4n) is 5.16. The van der Waals surface area contributed by atoms with Crippen molar-refractivity contribution in [1.29, 1.82) is 0 Å². The largest absolute Gasteiger partial charge is 0.432 e. The molecule has 2 aliphatic carbocycles. The molecule has 2 fully saturated rings.